The molecule has 0 fully saturated rings. The van der Waals surface area contributed by atoms with Gasteiger partial charge in [-0.3, -0.25) is 4.79 Å². The van der Waals surface area contributed by atoms with Crippen molar-refractivity contribution in [1.29, 1.82) is 5.26 Å². The monoisotopic (exact) mass is 272 g/mol. The number of anilines is 1. The molecule has 1 rings (SSSR count). The zero-order valence-electron chi connectivity index (χ0n) is 7.05. The van der Waals surface area contributed by atoms with Crippen molar-refractivity contribution in [3.8, 4) is 6.07 Å². The molecule has 0 saturated heterocycles. The maximum Gasteiger partial charge on any atom is 0.174 e. The molecule has 0 unspecified atom stereocenters. The fraction of sp³-hybridized carbons (Fsp3) is 0.111. The Bertz CT molecular complexity index is 426. The van der Waals surface area contributed by atoms with E-state index < -0.39 is 0 Å². The average Bonchev–Trinajstić information content (AvgIpc) is 2.15. The van der Waals surface area contributed by atoms with E-state index in [1.165, 1.54) is 12.1 Å². The van der Waals surface area contributed by atoms with E-state index in [9.17, 15) is 4.79 Å². The van der Waals surface area contributed by atoms with Gasteiger partial charge in [0.1, 0.15) is 6.07 Å². The van der Waals surface area contributed by atoms with Crippen LogP contribution < -0.4 is 5.73 Å². The third-order valence-electron chi connectivity index (χ3n) is 1.65. The number of rotatable bonds is 2. The smallest absolute Gasteiger partial charge is 0.174 e. The second kappa shape index (κ2) is 4.45. The molecular weight excluding hydrogens is 267 g/mol. The van der Waals surface area contributed by atoms with Gasteiger partial charge in [-0.1, -0.05) is 27.5 Å². The van der Waals surface area contributed by atoms with E-state index >= 15 is 0 Å². The van der Waals surface area contributed by atoms with Crippen LogP contribution in [0.25, 0.3) is 0 Å². The van der Waals surface area contributed by atoms with Crippen LogP contribution in [0.15, 0.2) is 12.1 Å². The molecule has 14 heavy (non-hydrogen) atoms. The number of ketones is 1. The zero-order valence-corrected chi connectivity index (χ0v) is 9.39. The Kier molecular flexibility index (Phi) is 3.50. The number of Topliss-reactive ketones (excluding diaryl/α,β-unsaturated/α-hetero) is 1. The van der Waals surface area contributed by atoms with Crippen molar-refractivity contribution >= 4 is 39.0 Å². The van der Waals surface area contributed by atoms with Gasteiger partial charge in [0.15, 0.2) is 5.78 Å². The van der Waals surface area contributed by atoms with Gasteiger partial charge >= 0.3 is 0 Å². The summed E-state index contributed by atoms with van der Waals surface area (Å²) in [5.41, 5.74) is 6.32. The van der Waals surface area contributed by atoms with Crippen LogP contribution in [-0.4, -0.2) is 11.1 Å². The Hall–Kier alpha value is -1.05. The van der Waals surface area contributed by atoms with E-state index in [0.717, 1.165) is 0 Å². The zero-order chi connectivity index (χ0) is 10.7. The van der Waals surface area contributed by atoms with Crippen molar-refractivity contribution < 1.29 is 4.79 Å². The molecule has 0 aliphatic carbocycles. The minimum atomic E-state index is -0.212. The summed E-state index contributed by atoms with van der Waals surface area (Å²) in [5, 5.41) is 9.14. The summed E-state index contributed by atoms with van der Waals surface area (Å²) in [6, 6.07) is 4.78. The highest BCUT2D eigenvalue weighted by Crippen LogP contribution is 2.23. The molecule has 0 heterocycles. The lowest BCUT2D eigenvalue weighted by Gasteiger charge is -2.04. The van der Waals surface area contributed by atoms with Crippen LogP contribution in [0, 0.1) is 11.3 Å². The molecular formula is C9H6BrClN2O. The molecule has 0 amide bonds. The standard InChI is InChI=1S/C9H6BrClN2O/c10-3-9(14)6-1-5(13)2-8(11)7(6)4-12/h1-2H,3,13H2. The first-order valence-electron chi connectivity index (χ1n) is 3.68. The Morgan fingerprint density at radius 2 is 2.29 bits per heavy atom. The van der Waals surface area contributed by atoms with Crippen molar-refractivity contribution in [3.63, 3.8) is 0 Å². The highest BCUT2D eigenvalue weighted by molar-refractivity contribution is 9.09. The summed E-state index contributed by atoms with van der Waals surface area (Å²) in [7, 11) is 0. The number of alkyl halides is 1. The van der Waals surface area contributed by atoms with E-state index in [1.807, 2.05) is 6.07 Å². The van der Waals surface area contributed by atoms with Crippen LogP contribution in [0.3, 0.4) is 0 Å². The molecule has 0 aliphatic heterocycles. The number of nitriles is 1. The predicted octanol–water partition coefficient (Wildman–Crippen LogP) is 2.37. The van der Waals surface area contributed by atoms with E-state index in [-0.39, 0.29) is 27.3 Å². The highest BCUT2D eigenvalue weighted by atomic mass is 79.9. The molecule has 5 heteroatoms. The Balaban J connectivity index is 3.41. The van der Waals surface area contributed by atoms with Gasteiger partial charge in [-0.2, -0.15) is 5.26 Å². The fourth-order valence-electron chi connectivity index (χ4n) is 1.03. The van der Waals surface area contributed by atoms with Crippen LogP contribution in [0.5, 0.6) is 0 Å². The number of hydrogen-bond acceptors (Lipinski definition) is 3. The Morgan fingerprint density at radius 3 is 2.79 bits per heavy atom. The van der Waals surface area contributed by atoms with Gasteiger partial charge in [-0.05, 0) is 12.1 Å². The maximum absolute atomic E-state index is 11.4. The van der Waals surface area contributed by atoms with Crippen molar-refractivity contribution in [1.82, 2.24) is 0 Å². The SMILES string of the molecule is N#Cc1c(Cl)cc(N)cc1C(=O)CBr. The highest BCUT2D eigenvalue weighted by Gasteiger charge is 2.14. The number of hydrogen-bond donors (Lipinski definition) is 1. The van der Waals surface area contributed by atoms with Crippen molar-refractivity contribution in [2.24, 2.45) is 0 Å². The third-order valence-corrected chi connectivity index (χ3v) is 2.45. The molecule has 2 N–H and O–H groups in total. The maximum atomic E-state index is 11.4. The normalized spacial score (nSPS) is 9.50. The van der Waals surface area contributed by atoms with E-state index in [0.29, 0.717) is 5.69 Å². The van der Waals surface area contributed by atoms with Crippen molar-refractivity contribution in [2.45, 2.75) is 0 Å². The number of nitrogens with two attached hydrogens (primary N) is 1. The molecule has 0 spiro atoms. The lowest BCUT2D eigenvalue weighted by Crippen LogP contribution is -2.05. The molecule has 0 atom stereocenters. The van der Waals surface area contributed by atoms with Crippen molar-refractivity contribution in [2.75, 3.05) is 11.1 Å². The van der Waals surface area contributed by atoms with Gasteiger partial charge < -0.3 is 5.73 Å². The molecule has 3 nitrogen and oxygen atoms in total. The number of nitrogens with zero attached hydrogens (tertiary/aromatic N) is 1. The van der Waals surface area contributed by atoms with Crippen molar-refractivity contribution in [3.05, 3.63) is 28.3 Å². The van der Waals surface area contributed by atoms with Crippen LogP contribution >= 0.6 is 27.5 Å². The van der Waals surface area contributed by atoms with E-state index in [1.54, 1.807) is 0 Å². The topological polar surface area (TPSA) is 66.9 Å². The van der Waals surface area contributed by atoms with Gasteiger partial charge in [0.05, 0.1) is 15.9 Å². The van der Waals surface area contributed by atoms with Crippen LogP contribution in [0.2, 0.25) is 5.02 Å². The van der Waals surface area contributed by atoms with Gasteiger partial charge in [0.25, 0.3) is 0 Å². The predicted molar refractivity (Wildman–Crippen MR) is 58.7 cm³/mol. The van der Waals surface area contributed by atoms with E-state index in [4.69, 9.17) is 22.6 Å². The van der Waals surface area contributed by atoms with Gasteiger partial charge in [-0.25, -0.2) is 0 Å². The van der Waals surface area contributed by atoms with E-state index in [2.05, 4.69) is 15.9 Å². The van der Waals surface area contributed by atoms with Gasteiger partial charge in [0.2, 0.25) is 0 Å². The average molecular weight is 274 g/mol. The minimum Gasteiger partial charge on any atom is -0.399 e. The number of carbonyl (C=O) groups excluding carboxylic acids is 1. The largest absolute Gasteiger partial charge is 0.399 e. The van der Waals surface area contributed by atoms with Gasteiger partial charge in [-0.15, -0.1) is 0 Å². The summed E-state index contributed by atoms with van der Waals surface area (Å²) in [6.45, 7) is 0. The fourth-order valence-corrected chi connectivity index (χ4v) is 1.61. The Morgan fingerprint density at radius 1 is 1.64 bits per heavy atom. The van der Waals surface area contributed by atoms with Gasteiger partial charge in [0, 0.05) is 11.3 Å². The lowest BCUT2D eigenvalue weighted by atomic mass is 10.0. The molecule has 0 saturated carbocycles. The summed E-state index contributed by atoms with van der Waals surface area (Å²) < 4.78 is 0. The first kappa shape index (κ1) is 11.0. The number of carbonyl (C=O) groups is 1. The summed E-state index contributed by atoms with van der Waals surface area (Å²) in [6.07, 6.45) is 0. The second-order valence-electron chi connectivity index (χ2n) is 2.59. The van der Waals surface area contributed by atoms with Crippen LogP contribution in [0.1, 0.15) is 15.9 Å². The van der Waals surface area contributed by atoms with Crippen LogP contribution in [-0.2, 0) is 0 Å². The number of benzene rings is 1. The molecule has 1 aromatic carbocycles. The van der Waals surface area contributed by atoms with Crippen LogP contribution in [0.4, 0.5) is 5.69 Å². The summed E-state index contributed by atoms with van der Waals surface area (Å²) >= 11 is 8.79. The third kappa shape index (κ3) is 2.06. The number of halogens is 2. The molecule has 0 aromatic heterocycles. The number of nitrogen functional groups attached to an aromatic ring is 1. The molecule has 0 radical (unpaired) electrons. The molecule has 0 bridgehead atoms. The first-order chi connectivity index (χ1) is 6.60. The summed E-state index contributed by atoms with van der Waals surface area (Å²) in [5.74, 6) is -0.212. The molecule has 1 aromatic rings. The molecule has 72 valence electrons. The first-order valence-corrected chi connectivity index (χ1v) is 5.18. The lowest BCUT2D eigenvalue weighted by molar-refractivity contribution is 0.102. The summed E-state index contributed by atoms with van der Waals surface area (Å²) in [4.78, 5) is 11.4. The Labute approximate surface area is 94.6 Å². The molecule has 0 aliphatic rings. The quantitative estimate of drug-likeness (QED) is 0.511. The minimum absolute atomic E-state index is 0.140. The second-order valence-corrected chi connectivity index (χ2v) is 3.56.